The highest BCUT2D eigenvalue weighted by molar-refractivity contribution is 5.94. The standard InChI is InChI=1S/C23H27N3O2/c1-5-21(20-10-11-22(28-4)16(2)14-20)25-23(27)19-8-6-18(7-9-19)15-26-13-12-24-17(26)3/h6-14,21H,5,15H2,1-4H3,(H,25,27). The summed E-state index contributed by atoms with van der Waals surface area (Å²) in [5.74, 6) is 1.77. The van der Waals surface area contributed by atoms with Gasteiger partial charge in [0.1, 0.15) is 11.6 Å². The van der Waals surface area contributed by atoms with Crippen molar-refractivity contribution in [1.82, 2.24) is 14.9 Å². The van der Waals surface area contributed by atoms with Crippen LogP contribution in [0.15, 0.2) is 54.9 Å². The molecule has 0 saturated heterocycles. The van der Waals surface area contributed by atoms with Crippen LogP contribution in [0.1, 0.15) is 52.3 Å². The maximum Gasteiger partial charge on any atom is 0.251 e. The first-order valence-corrected chi connectivity index (χ1v) is 9.54. The van der Waals surface area contributed by atoms with Gasteiger partial charge in [-0.1, -0.05) is 31.2 Å². The number of ether oxygens (including phenoxy) is 1. The van der Waals surface area contributed by atoms with Crippen molar-refractivity contribution in [2.75, 3.05) is 7.11 Å². The number of nitrogens with one attached hydrogen (secondary N) is 1. The molecule has 28 heavy (non-hydrogen) atoms. The molecule has 2 aromatic carbocycles. The zero-order chi connectivity index (χ0) is 20.1. The van der Waals surface area contributed by atoms with Gasteiger partial charge in [0.05, 0.1) is 13.2 Å². The first-order chi connectivity index (χ1) is 13.5. The molecule has 1 amide bonds. The molecule has 1 heterocycles. The van der Waals surface area contributed by atoms with Gasteiger partial charge in [-0.15, -0.1) is 0 Å². The lowest BCUT2D eigenvalue weighted by atomic mass is 10.0. The molecule has 1 N–H and O–H groups in total. The number of benzene rings is 2. The molecule has 0 saturated carbocycles. The number of hydrogen-bond donors (Lipinski definition) is 1. The number of imidazole rings is 1. The molecule has 3 rings (SSSR count). The van der Waals surface area contributed by atoms with Gasteiger partial charge in [-0.25, -0.2) is 4.98 Å². The Morgan fingerprint density at radius 1 is 1.18 bits per heavy atom. The van der Waals surface area contributed by atoms with E-state index >= 15 is 0 Å². The first kappa shape index (κ1) is 19.7. The maximum atomic E-state index is 12.7. The highest BCUT2D eigenvalue weighted by atomic mass is 16.5. The molecule has 0 spiro atoms. The molecule has 146 valence electrons. The topological polar surface area (TPSA) is 56.2 Å². The Labute approximate surface area is 166 Å². The van der Waals surface area contributed by atoms with Crippen molar-refractivity contribution in [3.8, 4) is 5.75 Å². The Morgan fingerprint density at radius 2 is 1.93 bits per heavy atom. The highest BCUT2D eigenvalue weighted by Crippen LogP contribution is 2.24. The quantitative estimate of drug-likeness (QED) is 0.662. The number of rotatable bonds is 7. The number of aryl methyl sites for hydroxylation is 2. The molecule has 1 aromatic heterocycles. The van der Waals surface area contributed by atoms with Gasteiger partial charge >= 0.3 is 0 Å². The number of hydrogen-bond acceptors (Lipinski definition) is 3. The molecular weight excluding hydrogens is 350 g/mol. The summed E-state index contributed by atoms with van der Waals surface area (Å²) in [5.41, 5.74) is 3.94. The number of aromatic nitrogens is 2. The van der Waals surface area contributed by atoms with Gasteiger partial charge in [0.15, 0.2) is 0 Å². The van der Waals surface area contributed by atoms with Crippen LogP contribution in [-0.2, 0) is 6.54 Å². The Morgan fingerprint density at radius 3 is 2.50 bits per heavy atom. The van der Waals surface area contributed by atoms with Gasteiger partial charge in [0, 0.05) is 24.5 Å². The predicted octanol–water partition coefficient (Wildman–Crippen LogP) is 4.44. The Balaban J connectivity index is 1.69. The van der Waals surface area contributed by atoms with E-state index in [0.717, 1.165) is 41.2 Å². The van der Waals surface area contributed by atoms with E-state index in [1.807, 2.05) is 56.4 Å². The summed E-state index contributed by atoms with van der Waals surface area (Å²) in [4.78, 5) is 17.0. The SMILES string of the molecule is CCC(NC(=O)c1ccc(Cn2ccnc2C)cc1)c1ccc(OC)c(C)c1. The van der Waals surface area contributed by atoms with E-state index in [-0.39, 0.29) is 11.9 Å². The predicted molar refractivity (Wildman–Crippen MR) is 111 cm³/mol. The second-order valence-corrected chi connectivity index (χ2v) is 6.96. The van der Waals surface area contributed by atoms with E-state index in [1.165, 1.54) is 0 Å². The molecule has 0 fully saturated rings. The molecule has 0 aliphatic carbocycles. The van der Waals surface area contributed by atoms with Crippen molar-refractivity contribution >= 4 is 5.91 Å². The Kier molecular flexibility index (Phi) is 6.14. The molecule has 0 radical (unpaired) electrons. The number of carbonyl (C=O) groups is 1. The molecule has 5 heteroatoms. The van der Waals surface area contributed by atoms with Crippen molar-refractivity contribution in [2.24, 2.45) is 0 Å². The fraction of sp³-hybridized carbons (Fsp3) is 0.304. The third kappa shape index (κ3) is 4.42. The van der Waals surface area contributed by atoms with E-state index in [4.69, 9.17) is 4.74 Å². The van der Waals surface area contributed by atoms with Crippen LogP contribution in [0.25, 0.3) is 0 Å². The van der Waals surface area contributed by atoms with Gasteiger partial charge < -0.3 is 14.6 Å². The van der Waals surface area contributed by atoms with Crippen molar-refractivity contribution in [3.05, 3.63) is 82.9 Å². The fourth-order valence-electron chi connectivity index (χ4n) is 3.31. The van der Waals surface area contributed by atoms with Gasteiger partial charge in [0.2, 0.25) is 0 Å². The van der Waals surface area contributed by atoms with Crippen LogP contribution in [0, 0.1) is 13.8 Å². The molecule has 0 aliphatic heterocycles. The minimum Gasteiger partial charge on any atom is -0.496 e. The normalized spacial score (nSPS) is 11.9. The van der Waals surface area contributed by atoms with Crippen LogP contribution >= 0.6 is 0 Å². The molecule has 1 unspecified atom stereocenters. The van der Waals surface area contributed by atoms with Crippen molar-refractivity contribution in [3.63, 3.8) is 0 Å². The molecule has 0 bridgehead atoms. The van der Waals surface area contributed by atoms with Crippen molar-refractivity contribution in [1.29, 1.82) is 0 Å². The minimum atomic E-state index is -0.0642. The lowest BCUT2D eigenvalue weighted by molar-refractivity contribution is 0.0935. The van der Waals surface area contributed by atoms with Crippen LogP contribution in [0.5, 0.6) is 5.75 Å². The van der Waals surface area contributed by atoms with Gasteiger partial charge in [0.25, 0.3) is 5.91 Å². The zero-order valence-corrected chi connectivity index (χ0v) is 16.9. The largest absolute Gasteiger partial charge is 0.496 e. The van der Waals surface area contributed by atoms with Crippen LogP contribution in [0.4, 0.5) is 0 Å². The number of nitrogens with zero attached hydrogens (tertiary/aromatic N) is 2. The maximum absolute atomic E-state index is 12.7. The smallest absolute Gasteiger partial charge is 0.251 e. The first-order valence-electron chi connectivity index (χ1n) is 9.54. The molecule has 5 nitrogen and oxygen atoms in total. The summed E-state index contributed by atoms with van der Waals surface area (Å²) in [6, 6.07) is 13.7. The van der Waals surface area contributed by atoms with E-state index in [0.29, 0.717) is 5.56 Å². The Hall–Kier alpha value is -3.08. The molecular formula is C23H27N3O2. The van der Waals surface area contributed by atoms with Crippen LogP contribution in [0.2, 0.25) is 0 Å². The van der Waals surface area contributed by atoms with Crippen LogP contribution in [-0.4, -0.2) is 22.6 Å². The van der Waals surface area contributed by atoms with Gasteiger partial charge in [-0.2, -0.15) is 0 Å². The third-order valence-corrected chi connectivity index (χ3v) is 5.03. The van der Waals surface area contributed by atoms with Crippen LogP contribution < -0.4 is 10.1 Å². The lowest BCUT2D eigenvalue weighted by Gasteiger charge is -2.19. The van der Waals surface area contributed by atoms with E-state index < -0.39 is 0 Å². The van der Waals surface area contributed by atoms with Crippen molar-refractivity contribution < 1.29 is 9.53 Å². The van der Waals surface area contributed by atoms with E-state index in [9.17, 15) is 4.79 Å². The van der Waals surface area contributed by atoms with Crippen molar-refractivity contribution in [2.45, 2.75) is 39.8 Å². The summed E-state index contributed by atoms with van der Waals surface area (Å²) >= 11 is 0. The lowest BCUT2D eigenvalue weighted by Crippen LogP contribution is -2.28. The summed E-state index contributed by atoms with van der Waals surface area (Å²) in [7, 11) is 1.67. The monoisotopic (exact) mass is 377 g/mol. The minimum absolute atomic E-state index is 0.0367. The summed E-state index contributed by atoms with van der Waals surface area (Å²) in [5, 5.41) is 3.14. The number of methoxy groups -OCH3 is 1. The van der Waals surface area contributed by atoms with Crippen LogP contribution in [0.3, 0.4) is 0 Å². The Bertz CT molecular complexity index is 945. The number of amides is 1. The second kappa shape index (κ2) is 8.74. The second-order valence-electron chi connectivity index (χ2n) is 6.96. The molecule has 1 atom stereocenters. The summed E-state index contributed by atoms with van der Waals surface area (Å²) in [6.45, 7) is 6.81. The molecule has 0 aliphatic rings. The number of carbonyl (C=O) groups excluding carboxylic acids is 1. The molecule has 3 aromatic rings. The highest BCUT2D eigenvalue weighted by Gasteiger charge is 2.15. The van der Waals surface area contributed by atoms with E-state index in [2.05, 4.69) is 27.9 Å². The van der Waals surface area contributed by atoms with Gasteiger partial charge in [-0.05, 0) is 55.2 Å². The average molecular weight is 377 g/mol. The zero-order valence-electron chi connectivity index (χ0n) is 16.9. The average Bonchev–Trinajstić information content (AvgIpc) is 3.11. The fourth-order valence-corrected chi connectivity index (χ4v) is 3.31. The third-order valence-electron chi connectivity index (χ3n) is 5.03. The van der Waals surface area contributed by atoms with Gasteiger partial charge in [-0.3, -0.25) is 4.79 Å². The van der Waals surface area contributed by atoms with E-state index in [1.54, 1.807) is 13.3 Å². The summed E-state index contributed by atoms with van der Waals surface area (Å²) in [6.07, 6.45) is 4.57. The summed E-state index contributed by atoms with van der Waals surface area (Å²) < 4.78 is 7.40.